The van der Waals surface area contributed by atoms with E-state index in [0.29, 0.717) is 35.8 Å². The maximum atomic E-state index is 13.2. The van der Waals surface area contributed by atoms with Crippen LogP contribution in [0.3, 0.4) is 0 Å². The zero-order valence-corrected chi connectivity index (χ0v) is 17.6. The number of fused-ring (bicyclic) bond motifs is 3. The van der Waals surface area contributed by atoms with Crippen LogP contribution >= 0.6 is 0 Å². The number of amides is 3. The Morgan fingerprint density at radius 3 is 2.73 bits per heavy atom. The summed E-state index contributed by atoms with van der Waals surface area (Å²) in [7, 11) is 0. The molecule has 1 atom stereocenters. The summed E-state index contributed by atoms with van der Waals surface area (Å²) in [6.45, 7) is 7.34. The van der Waals surface area contributed by atoms with E-state index in [9.17, 15) is 14.4 Å². The van der Waals surface area contributed by atoms with Crippen LogP contribution in [0.5, 0.6) is 0 Å². The number of rotatable bonds is 5. The minimum Gasteiger partial charge on any atom is -0.344 e. The standard InChI is InChI=1S/C21H25N5O4/c1-13-22-19(24-30-13)20(2,3)23-16(27)10-12-25-18(29)14-7-5-6-8-15(14)26-17(28)9-11-21(25,26)4/h5-8H,9-12H2,1-4H3,(H,23,27). The summed E-state index contributed by atoms with van der Waals surface area (Å²) in [5.74, 6) is 0.383. The van der Waals surface area contributed by atoms with Gasteiger partial charge in [0.1, 0.15) is 5.66 Å². The van der Waals surface area contributed by atoms with Crippen LogP contribution in [0.4, 0.5) is 5.69 Å². The third-order valence-electron chi connectivity index (χ3n) is 5.85. The van der Waals surface area contributed by atoms with E-state index in [1.165, 1.54) is 0 Å². The lowest BCUT2D eigenvalue weighted by atomic mass is 9.98. The third kappa shape index (κ3) is 3.14. The molecule has 1 aromatic heterocycles. The van der Waals surface area contributed by atoms with Gasteiger partial charge in [0.25, 0.3) is 5.91 Å². The normalized spacial score (nSPS) is 20.9. The fourth-order valence-electron chi connectivity index (χ4n) is 4.27. The molecule has 9 nitrogen and oxygen atoms in total. The van der Waals surface area contributed by atoms with Gasteiger partial charge in [-0.1, -0.05) is 17.3 Å². The molecule has 2 aromatic rings. The highest BCUT2D eigenvalue weighted by Crippen LogP contribution is 2.43. The largest absolute Gasteiger partial charge is 0.344 e. The molecule has 0 saturated carbocycles. The minimum absolute atomic E-state index is 0.0134. The van der Waals surface area contributed by atoms with Crippen molar-refractivity contribution in [3.63, 3.8) is 0 Å². The van der Waals surface area contributed by atoms with Crippen LogP contribution in [0.1, 0.15) is 62.1 Å². The number of carbonyl (C=O) groups is 3. The maximum absolute atomic E-state index is 13.2. The number of anilines is 1. The number of hydrogen-bond donors (Lipinski definition) is 1. The molecule has 158 valence electrons. The number of nitrogens with zero attached hydrogens (tertiary/aromatic N) is 4. The van der Waals surface area contributed by atoms with Crippen molar-refractivity contribution in [1.29, 1.82) is 0 Å². The van der Waals surface area contributed by atoms with E-state index in [2.05, 4.69) is 15.5 Å². The second-order valence-corrected chi connectivity index (χ2v) is 8.48. The summed E-state index contributed by atoms with van der Waals surface area (Å²) >= 11 is 0. The number of nitrogens with one attached hydrogen (secondary N) is 1. The molecular weight excluding hydrogens is 386 g/mol. The average Bonchev–Trinajstić information content (AvgIpc) is 3.25. The first-order valence-electron chi connectivity index (χ1n) is 9.99. The Morgan fingerprint density at radius 2 is 2.03 bits per heavy atom. The Kier molecular flexibility index (Phi) is 4.63. The molecule has 30 heavy (non-hydrogen) atoms. The number of hydrogen-bond acceptors (Lipinski definition) is 6. The van der Waals surface area contributed by atoms with Gasteiger partial charge in [-0.15, -0.1) is 0 Å². The van der Waals surface area contributed by atoms with Crippen molar-refractivity contribution in [3.8, 4) is 0 Å². The van der Waals surface area contributed by atoms with Gasteiger partial charge in [-0.25, -0.2) is 0 Å². The van der Waals surface area contributed by atoms with Crippen molar-refractivity contribution in [1.82, 2.24) is 20.4 Å². The van der Waals surface area contributed by atoms with Gasteiger partial charge in [0, 0.05) is 26.3 Å². The van der Waals surface area contributed by atoms with E-state index in [0.717, 1.165) is 0 Å². The second-order valence-electron chi connectivity index (χ2n) is 8.48. The Bertz CT molecular complexity index is 1030. The van der Waals surface area contributed by atoms with Crippen molar-refractivity contribution in [2.75, 3.05) is 11.4 Å². The fourth-order valence-corrected chi connectivity index (χ4v) is 4.27. The Morgan fingerprint density at radius 1 is 1.30 bits per heavy atom. The highest BCUT2D eigenvalue weighted by molar-refractivity contribution is 6.10. The zero-order valence-electron chi connectivity index (χ0n) is 17.6. The molecule has 0 bridgehead atoms. The number of aromatic nitrogens is 2. The van der Waals surface area contributed by atoms with Crippen molar-refractivity contribution in [2.24, 2.45) is 0 Å². The average molecular weight is 411 g/mol. The molecule has 1 fully saturated rings. The summed E-state index contributed by atoms with van der Waals surface area (Å²) in [6, 6.07) is 7.12. The Labute approximate surface area is 174 Å². The first-order valence-corrected chi connectivity index (χ1v) is 9.99. The van der Waals surface area contributed by atoms with E-state index >= 15 is 0 Å². The molecule has 3 amide bonds. The molecule has 0 spiro atoms. The smallest absolute Gasteiger partial charge is 0.257 e. The Hall–Kier alpha value is -3.23. The highest BCUT2D eigenvalue weighted by Gasteiger charge is 2.52. The maximum Gasteiger partial charge on any atom is 0.257 e. The van der Waals surface area contributed by atoms with E-state index in [1.807, 2.05) is 13.0 Å². The van der Waals surface area contributed by atoms with Crippen LogP contribution in [0, 0.1) is 6.92 Å². The fraction of sp³-hybridized carbons (Fsp3) is 0.476. The predicted molar refractivity (Wildman–Crippen MR) is 107 cm³/mol. The van der Waals surface area contributed by atoms with Gasteiger partial charge in [0.05, 0.1) is 16.8 Å². The summed E-state index contributed by atoms with van der Waals surface area (Å²) in [4.78, 5) is 46.0. The van der Waals surface area contributed by atoms with Crippen LogP contribution < -0.4 is 10.2 Å². The SMILES string of the molecule is Cc1nc(C(C)(C)NC(=O)CCN2C(=O)c3ccccc3N3C(=O)CCC23C)no1. The van der Waals surface area contributed by atoms with Crippen molar-refractivity contribution in [2.45, 2.75) is 58.2 Å². The molecule has 1 saturated heterocycles. The third-order valence-corrected chi connectivity index (χ3v) is 5.85. The molecule has 4 rings (SSSR count). The molecule has 3 heterocycles. The van der Waals surface area contributed by atoms with Crippen molar-refractivity contribution < 1.29 is 18.9 Å². The van der Waals surface area contributed by atoms with Crippen LogP contribution in [0.15, 0.2) is 28.8 Å². The second kappa shape index (κ2) is 6.93. The molecule has 2 aliphatic heterocycles. The topological polar surface area (TPSA) is 109 Å². The summed E-state index contributed by atoms with van der Waals surface area (Å²) < 4.78 is 5.00. The van der Waals surface area contributed by atoms with Gasteiger partial charge in [0.2, 0.25) is 17.7 Å². The van der Waals surface area contributed by atoms with Gasteiger partial charge in [-0.2, -0.15) is 4.98 Å². The zero-order chi connectivity index (χ0) is 21.7. The highest BCUT2D eigenvalue weighted by atomic mass is 16.5. The monoisotopic (exact) mass is 411 g/mol. The summed E-state index contributed by atoms with van der Waals surface area (Å²) in [5, 5.41) is 6.78. The van der Waals surface area contributed by atoms with E-state index in [4.69, 9.17) is 4.52 Å². The van der Waals surface area contributed by atoms with Gasteiger partial charge in [-0.3, -0.25) is 19.3 Å². The van der Waals surface area contributed by atoms with Crippen LogP contribution in [-0.2, 0) is 15.1 Å². The molecule has 9 heteroatoms. The first-order chi connectivity index (χ1) is 14.1. The van der Waals surface area contributed by atoms with E-state index < -0.39 is 11.2 Å². The molecule has 1 unspecified atom stereocenters. The van der Waals surface area contributed by atoms with Crippen LogP contribution in [0.2, 0.25) is 0 Å². The van der Waals surface area contributed by atoms with Gasteiger partial charge in [-0.05, 0) is 39.3 Å². The van der Waals surface area contributed by atoms with Crippen molar-refractivity contribution in [3.05, 3.63) is 41.5 Å². The number of benzene rings is 1. The van der Waals surface area contributed by atoms with Crippen molar-refractivity contribution >= 4 is 23.4 Å². The lowest BCUT2D eigenvalue weighted by Gasteiger charge is -2.48. The molecule has 2 aliphatic rings. The molecule has 0 aliphatic carbocycles. The van der Waals surface area contributed by atoms with Gasteiger partial charge in [0.15, 0.2) is 5.82 Å². The lowest BCUT2D eigenvalue weighted by Crippen LogP contribution is -2.62. The molecule has 1 N–H and O–H groups in total. The number of para-hydroxylation sites is 1. The minimum atomic E-state index is -0.813. The van der Waals surface area contributed by atoms with E-state index in [1.54, 1.807) is 48.8 Å². The predicted octanol–water partition coefficient (Wildman–Crippen LogP) is 2.12. The van der Waals surface area contributed by atoms with Crippen LogP contribution in [0.25, 0.3) is 0 Å². The van der Waals surface area contributed by atoms with Crippen LogP contribution in [-0.4, -0.2) is 45.0 Å². The Balaban J connectivity index is 1.52. The number of aryl methyl sites for hydroxylation is 1. The molecular formula is C21H25N5O4. The quantitative estimate of drug-likeness (QED) is 0.807. The summed E-state index contributed by atoms with van der Waals surface area (Å²) in [5.41, 5.74) is -0.467. The summed E-state index contributed by atoms with van der Waals surface area (Å²) in [6.07, 6.45) is 0.984. The molecule has 0 radical (unpaired) electrons. The molecule has 1 aromatic carbocycles. The van der Waals surface area contributed by atoms with Gasteiger partial charge >= 0.3 is 0 Å². The lowest BCUT2D eigenvalue weighted by molar-refractivity contribution is -0.123. The first kappa shape index (κ1) is 20.1. The van der Waals surface area contributed by atoms with Gasteiger partial charge < -0.3 is 14.7 Å². The van der Waals surface area contributed by atoms with E-state index in [-0.39, 0.29) is 30.7 Å². The number of carbonyl (C=O) groups excluding carboxylic acids is 3.